The molecule has 0 amide bonds. The third-order valence-corrected chi connectivity index (χ3v) is 2.46. The van der Waals surface area contributed by atoms with Crippen LogP contribution in [0, 0.1) is 6.92 Å². The lowest BCUT2D eigenvalue weighted by atomic mass is 10.0. The second-order valence-electron chi connectivity index (χ2n) is 3.70. The first kappa shape index (κ1) is 11.7. The van der Waals surface area contributed by atoms with Gasteiger partial charge in [-0.25, -0.2) is 0 Å². The molecule has 2 radical (unpaired) electrons. The van der Waals surface area contributed by atoms with Gasteiger partial charge in [-0.3, -0.25) is 0 Å². The van der Waals surface area contributed by atoms with Gasteiger partial charge in [0.1, 0.15) is 0 Å². The molecule has 2 aromatic carbocycles. The van der Waals surface area contributed by atoms with Gasteiger partial charge in [0.05, 0.1) is 5.56 Å². The summed E-state index contributed by atoms with van der Waals surface area (Å²) in [5, 5.41) is 0. The van der Waals surface area contributed by atoms with Crippen molar-refractivity contribution >= 4 is 0 Å². The van der Waals surface area contributed by atoms with E-state index < -0.39 is 11.7 Å². The Hall–Kier alpha value is -1.77. The van der Waals surface area contributed by atoms with Crippen LogP contribution in [-0.4, -0.2) is 0 Å². The standard InChI is InChI=1S/C14H9F3/c1-10-2-4-11(5-3-10)12-6-8-13(9-7-12)14(15,16)17/h1-9H. The molecular weight excluding hydrogens is 225 g/mol. The monoisotopic (exact) mass is 234 g/mol. The number of hydrogen-bond donors (Lipinski definition) is 0. The lowest BCUT2D eigenvalue weighted by Gasteiger charge is -2.07. The minimum atomic E-state index is -4.29. The molecule has 0 unspecified atom stereocenters. The molecule has 0 nitrogen and oxygen atoms in total. The van der Waals surface area contributed by atoms with Gasteiger partial charge in [0.15, 0.2) is 0 Å². The van der Waals surface area contributed by atoms with Crippen molar-refractivity contribution in [1.82, 2.24) is 0 Å². The molecule has 3 heteroatoms. The van der Waals surface area contributed by atoms with E-state index in [1.54, 1.807) is 24.3 Å². The number of benzene rings is 2. The SMILES string of the molecule is [CH]c1ccc(-c2ccc(C(F)(F)F)cc2)cc1. The lowest BCUT2D eigenvalue weighted by Crippen LogP contribution is -2.03. The van der Waals surface area contributed by atoms with Crippen LogP contribution >= 0.6 is 0 Å². The molecular formula is C14H9F3. The molecule has 0 fully saturated rings. The van der Waals surface area contributed by atoms with Crippen molar-refractivity contribution in [2.45, 2.75) is 6.18 Å². The molecule has 0 N–H and O–H groups in total. The number of rotatable bonds is 1. The van der Waals surface area contributed by atoms with Gasteiger partial charge in [0.25, 0.3) is 0 Å². The predicted molar refractivity (Wildman–Crippen MR) is 60.3 cm³/mol. The fraction of sp³-hybridized carbons (Fsp3) is 0.0714. The molecule has 2 rings (SSSR count). The lowest BCUT2D eigenvalue weighted by molar-refractivity contribution is -0.137. The summed E-state index contributed by atoms with van der Waals surface area (Å²) in [4.78, 5) is 0. The molecule has 86 valence electrons. The summed E-state index contributed by atoms with van der Waals surface area (Å²) in [5.74, 6) is 0. The summed E-state index contributed by atoms with van der Waals surface area (Å²) in [6.07, 6.45) is -4.29. The van der Waals surface area contributed by atoms with Crippen molar-refractivity contribution in [2.24, 2.45) is 0 Å². The van der Waals surface area contributed by atoms with E-state index >= 15 is 0 Å². The van der Waals surface area contributed by atoms with Gasteiger partial charge in [-0.15, -0.1) is 0 Å². The van der Waals surface area contributed by atoms with Crippen molar-refractivity contribution in [1.29, 1.82) is 0 Å². The summed E-state index contributed by atoms with van der Waals surface area (Å²) < 4.78 is 37.1. The zero-order valence-electron chi connectivity index (χ0n) is 8.83. The van der Waals surface area contributed by atoms with Crippen LogP contribution in [0.15, 0.2) is 48.5 Å². The minimum Gasteiger partial charge on any atom is -0.166 e. The van der Waals surface area contributed by atoms with E-state index in [0.29, 0.717) is 5.56 Å². The van der Waals surface area contributed by atoms with E-state index in [-0.39, 0.29) is 0 Å². The van der Waals surface area contributed by atoms with E-state index in [0.717, 1.165) is 23.3 Å². The van der Waals surface area contributed by atoms with Crippen molar-refractivity contribution in [3.63, 3.8) is 0 Å². The predicted octanol–water partition coefficient (Wildman–Crippen LogP) is 4.43. The topological polar surface area (TPSA) is 0 Å². The fourth-order valence-corrected chi connectivity index (χ4v) is 1.53. The van der Waals surface area contributed by atoms with Crippen LogP contribution in [0.4, 0.5) is 13.2 Å². The van der Waals surface area contributed by atoms with Gasteiger partial charge in [0, 0.05) is 0 Å². The summed E-state index contributed by atoms with van der Waals surface area (Å²) in [6, 6.07) is 12.0. The summed E-state index contributed by atoms with van der Waals surface area (Å²) in [6.45, 7) is 5.54. The highest BCUT2D eigenvalue weighted by atomic mass is 19.4. The quantitative estimate of drug-likeness (QED) is 0.684. The van der Waals surface area contributed by atoms with E-state index in [9.17, 15) is 13.2 Å². The maximum absolute atomic E-state index is 12.4. The molecule has 0 saturated heterocycles. The maximum atomic E-state index is 12.4. The zero-order chi connectivity index (χ0) is 12.5. The van der Waals surface area contributed by atoms with Crippen molar-refractivity contribution in [3.05, 3.63) is 66.6 Å². The van der Waals surface area contributed by atoms with Gasteiger partial charge >= 0.3 is 6.18 Å². The fourth-order valence-electron chi connectivity index (χ4n) is 1.53. The van der Waals surface area contributed by atoms with Crippen molar-refractivity contribution in [3.8, 4) is 11.1 Å². The summed E-state index contributed by atoms with van der Waals surface area (Å²) in [5.41, 5.74) is 1.56. The molecule has 0 aromatic heterocycles. The van der Waals surface area contributed by atoms with Crippen LogP contribution in [-0.2, 0) is 6.18 Å². The van der Waals surface area contributed by atoms with Crippen molar-refractivity contribution < 1.29 is 13.2 Å². The highest BCUT2D eigenvalue weighted by molar-refractivity contribution is 5.64. The Morgan fingerprint density at radius 2 is 1.12 bits per heavy atom. The third kappa shape index (κ3) is 2.67. The van der Waals surface area contributed by atoms with Crippen LogP contribution in [0.1, 0.15) is 11.1 Å². The van der Waals surface area contributed by atoms with Crippen LogP contribution < -0.4 is 0 Å². The molecule has 0 saturated carbocycles. The Balaban J connectivity index is 2.33. The zero-order valence-corrected chi connectivity index (χ0v) is 8.83. The van der Waals surface area contributed by atoms with E-state index in [4.69, 9.17) is 6.92 Å². The number of halogens is 3. The summed E-state index contributed by atoms with van der Waals surface area (Å²) >= 11 is 0. The first-order chi connectivity index (χ1) is 7.97. The smallest absolute Gasteiger partial charge is 0.166 e. The molecule has 0 spiro atoms. The van der Waals surface area contributed by atoms with Gasteiger partial charge in [0.2, 0.25) is 0 Å². The van der Waals surface area contributed by atoms with Crippen LogP contribution in [0.3, 0.4) is 0 Å². The Morgan fingerprint density at radius 1 is 0.706 bits per heavy atom. The minimum absolute atomic E-state index is 0.626. The van der Waals surface area contributed by atoms with Crippen LogP contribution in [0.2, 0.25) is 0 Å². The van der Waals surface area contributed by atoms with Gasteiger partial charge in [-0.05, 0) is 35.7 Å². The van der Waals surface area contributed by atoms with Crippen LogP contribution in [0.25, 0.3) is 11.1 Å². The Morgan fingerprint density at radius 3 is 1.53 bits per heavy atom. The first-order valence-corrected chi connectivity index (χ1v) is 5.00. The maximum Gasteiger partial charge on any atom is 0.416 e. The molecule has 17 heavy (non-hydrogen) atoms. The molecule has 0 aliphatic heterocycles. The van der Waals surface area contributed by atoms with E-state index in [1.807, 2.05) is 0 Å². The first-order valence-electron chi connectivity index (χ1n) is 5.00. The Bertz CT molecular complexity index is 492. The molecule has 0 heterocycles. The van der Waals surface area contributed by atoms with Gasteiger partial charge in [-0.1, -0.05) is 36.4 Å². The number of hydrogen-bond acceptors (Lipinski definition) is 0. The second-order valence-corrected chi connectivity index (χ2v) is 3.70. The second kappa shape index (κ2) is 4.24. The third-order valence-electron chi connectivity index (χ3n) is 2.46. The molecule has 0 atom stereocenters. The average Bonchev–Trinajstić information content (AvgIpc) is 2.29. The average molecular weight is 234 g/mol. The molecule has 0 aliphatic rings. The molecule has 0 aliphatic carbocycles. The van der Waals surface area contributed by atoms with Gasteiger partial charge in [-0.2, -0.15) is 13.2 Å². The van der Waals surface area contributed by atoms with E-state index in [1.165, 1.54) is 12.1 Å². The normalized spacial score (nSPS) is 11.5. The van der Waals surface area contributed by atoms with E-state index in [2.05, 4.69) is 0 Å². The number of alkyl halides is 3. The summed E-state index contributed by atoms with van der Waals surface area (Å²) in [7, 11) is 0. The largest absolute Gasteiger partial charge is 0.416 e. The Kier molecular flexibility index (Phi) is 2.92. The highest BCUT2D eigenvalue weighted by Gasteiger charge is 2.29. The van der Waals surface area contributed by atoms with Crippen molar-refractivity contribution in [2.75, 3.05) is 0 Å². The van der Waals surface area contributed by atoms with Gasteiger partial charge < -0.3 is 0 Å². The molecule has 2 aromatic rings. The Labute approximate surface area is 97.7 Å². The highest BCUT2D eigenvalue weighted by Crippen LogP contribution is 2.30. The van der Waals surface area contributed by atoms with Crippen LogP contribution in [0.5, 0.6) is 0 Å². The molecule has 0 bridgehead atoms.